The zero-order valence-corrected chi connectivity index (χ0v) is 49.9. The number of rotatable bonds is 4. The summed E-state index contributed by atoms with van der Waals surface area (Å²) in [4.78, 5) is 25.4. The monoisotopic (exact) mass is 1030 g/mol. The number of alkyl halides is 2. The summed E-state index contributed by atoms with van der Waals surface area (Å²) in [5.41, 5.74) is 4.47. The highest BCUT2D eigenvalue weighted by Crippen LogP contribution is 2.79. The van der Waals surface area contributed by atoms with Gasteiger partial charge in [0.1, 0.15) is 12.1 Å². The third kappa shape index (κ3) is 8.21. The number of carbonyl (C=O) groups excluding carboxylic acids is 2. The zero-order chi connectivity index (χ0) is 52.1. The van der Waals surface area contributed by atoms with Crippen molar-refractivity contribution in [3.8, 4) is 0 Å². The Kier molecular flexibility index (Phi) is 16.4. The Morgan fingerprint density at radius 3 is 1.59 bits per heavy atom. The summed E-state index contributed by atoms with van der Waals surface area (Å²) in [6.07, 6.45) is 24.9. The van der Waals surface area contributed by atoms with Crippen LogP contribution in [0.3, 0.4) is 0 Å². The van der Waals surface area contributed by atoms with Crippen LogP contribution < -0.4 is 0 Å². The van der Waals surface area contributed by atoms with E-state index < -0.39 is 0 Å². The van der Waals surface area contributed by atoms with E-state index in [2.05, 4.69) is 110 Å². The molecule has 0 aromatic heterocycles. The van der Waals surface area contributed by atoms with Gasteiger partial charge in [0.15, 0.2) is 0 Å². The molecule has 0 amide bonds. The minimum Gasteiger partial charge on any atom is -0.396 e. The Hall–Kier alpha value is -0.250. The molecule has 0 heterocycles. The fraction of sp³-hybridized carbons (Fsp3) is 0.905. The van der Waals surface area contributed by atoms with Gasteiger partial charge in [-0.1, -0.05) is 93.5 Å². The number of fused-ring (bicyclic) bond motifs is 14. The summed E-state index contributed by atoms with van der Waals surface area (Å²) >= 11 is 9.53. The molecule has 0 radical (unpaired) electrons. The van der Waals surface area contributed by atoms with E-state index >= 15 is 0 Å². The first kappa shape index (κ1) is 57.5. The van der Waals surface area contributed by atoms with Crippen LogP contribution in [0.4, 0.5) is 0 Å². The van der Waals surface area contributed by atoms with Crippen molar-refractivity contribution in [2.75, 3.05) is 25.3 Å². The van der Waals surface area contributed by atoms with Gasteiger partial charge in [-0.05, 0) is 252 Å². The molecule has 0 bridgehead atoms. The molecule has 10 saturated carbocycles. The number of aliphatic hydroxyl groups excluding tert-OH is 2. The number of ketones is 1. The van der Waals surface area contributed by atoms with Crippen LogP contribution in [0.5, 0.6) is 0 Å². The van der Waals surface area contributed by atoms with Gasteiger partial charge in [-0.3, -0.25) is 4.79 Å². The molecule has 70 heavy (non-hydrogen) atoms. The van der Waals surface area contributed by atoms with Crippen LogP contribution >= 0.6 is 31.8 Å². The van der Waals surface area contributed by atoms with Gasteiger partial charge in [0.2, 0.25) is 0 Å². The van der Waals surface area contributed by atoms with Crippen molar-refractivity contribution in [2.24, 2.45) is 113 Å². The van der Waals surface area contributed by atoms with Crippen molar-refractivity contribution in [1.82, 2.24) is 0 Å². The third-order valence-electron chi connectivity index (χ3n) is 26.6. The fourth-order valence-electron chi connectivity index (χ4n) is 22.8. The van der Waals surface area contributed by atoms with Gasteiger partial charge in [0, 0.05) is 23.9 Å². The summed E-state index contributed by atoms with van der Waals surface area (Å²) in [6, 6.07) is 0. The maximum absolute atomic E-state index is 12.9. The molecule has 0 aromatic carbocycles. The highest BCUT2D eigenvalue weighted by molar-refractivity contribution is 7.35. The lowest BCUT2D eigenvalue weighted by Crippen LogP contribution is -2.66. The second-order valence-electron chi connectivity index (χ2n) is 29.4. The Labute approximate surface area is 441 Å². The van der Waals surface area contributed by atoms with Crippen molar-refractivity contribution in [2.45, 2.75) is 218 Å². The molecule has 10 aliphatic rings. The summed E-state index contributed by atoms with van der Waals surface area (Å²) < 4.78 is 0. The van der Waals surface area contributed by atoms with Crippen LogP contribution in [0.1, 0.15) is 212 Å². The number of aliphatic hydroxyl groups is 2. The van der Waals surface area contributed by atoms with E-state index in [1.807, 2.05) is 0 Å². The van der Waals surface area contributed by atoms with Crippen LogP contribution in [0.2, 0.25) is 0 Å². The van der Waals surface area contributed by atoms with Crippen molar-refractivity contribution >= 4 is 43.9 Å². The smallest absolute Gasteiger partial charge is 0.138 e. The van der Waals surface area contributed by atoms with Crippen molar-refractivity contribution in [3.05, 3.63) is 24.3 Å². The minimum atomic E-state index is -0.179. The van der Waals surface area contributed by atoms with Gasteiger partial charge < -0.3 is 15.0 Å². The summed E-state index contributed by atoms with van der Waals surface area (Å²) in [7, 11) is 1.08. The lowest BCUT2D eigenvalue weighted by atomic mass is 9.32. The molecule has 0 aromatic rings. The molecule has 7 heteroatoms. The maximum atomic E-state index is 12.9. The number of aldehydes is 1. The van der Waals surface area contributed by atoms with Gasteiger partial charge in [0.25, 0.3) is 0 Å². The largest absolute Gasteiger partial charge is 0.396 e. The van der Waals surface area contributed by atoms with E-state index in [1.165, 1.54) is 107 Å². The topological polar surface area (TPSA) is 74.6 Å². The van der Waals surface area contributed by atoms with Crippen LogP contribution in [-0.2, 0) is 9.59 Å². The SMILES string of the molecule is C=C(C)[C@@H]1CCC2(CO)CC[C@]3(C)C(CCC4[C@@]5(C)CC[C@H](O)C(C)(C)C5CC[C@]43C)C12.C=C(C)[C@@H]1CC[C@]2(C=O)CC[C@]3(C)C(CCC4[C@@]5(C)CCC(=O)C(C)(C)C5CC[C@]43C)C12.CPC.ClCCl. The average molecular weight is 1030 g/mol. The molecule has 19 atom stereocenters. The first-order chi connectivity index (χ1) is 32.6. The second kappa shape index (κ2) is 20.0. The zero-order valence-electron chi connectivity index (χ0n) is 47.4. The van der Waals surface area contributed by atoms with Gasteiger partial charge >= 0.3 is 0 Å². The van der Waals surface area contributed by atoms with E-state index in [4.69, 9.17) is 23.2 Å². The quantitative estimate of drug-likeness (QED) is 0.127. The molecule has 0 saturated heterocycles. The lowest BCUT2D eigenvalue weighted by Gasteiger charge is -2.73. The summed E-state index contributed by atoms with van der Waals surface area (Å²) in [6.45, 7) is 42.9. The van der Waals surface area contributed by atoms with E-state index in [0.717, 1.165) is 58.9 Å². The van der Waals surface area contributed by atoms with E-state index in [-0.39, 0.29) is 43.9 Å². The highest BCUT2D eigenvalue weighted by atomic mass is 35.5. The predicted molar refractivity (Wildman–Crippen MR) is 299 cm³/mol. The van der Waals surface area contributed by atoms with Crippen molar-refractivity contribution in [1.29, 1.82) is 0 Å². The lowest BCUT2D eigenvalue weighted by molar-refractivity contribution is -0.249. The number of hydrogen-bond acceptors (Lipinski definition) is 4. The molecule has 2 N–H and O–H groups in total. The normalized spacial score (nSPS) is 51.1. The second-order valence-corrected chi connectivity index (χ2v) is 31.2. The van der Waals surface area contributed by atoms with Crippen LogP contribution in [0.15, 0.2) is 24.3 Å². The molecule has 400 valence electrons. The first-order valence-corrected chi connectivity index (χ1v) is 31.9. The Bertz CT molecular complexity index is 1960. The van der Waals surface area contributed by atoms with Crippen molar-refractivity contribution < 1.29 is 19.8 Å². The highest BCUT2D eigenvalue weighted by Gasteiger charge is 2.73. The van der Waals surface area contributed by atoms with E-state index in [0.29, 0.717) is 81.4 Å². The van der Waals surface area contributed by atoms with Crippen LogP contribution in [-0.4, -0.2) is 53.7 Å². The van der Waals surface area contributed by atoms with Crippen molar-refractivity contribution in [3.63, 3.8) is 0 Å². The van der Waals surface area contributed by atoms with Gasteiger partial charge in [-0.15, -0.1) is 31.8 Å². The Morgan fingerprint density at radius 2 is 1.07 bits per heavy atom. The van der Waals surface area contributed by atoms with E-state index in [9.17, 15) is 19.8 Å². The number of hydrogen-bond donors (Lipinski definition) is 2. The Balaban J connectivity index is 0.000000186. The van der Waals surface area contributed by atoms with Crippen LogP contribution in [0, 0.1) is 113 Å². The third-order valence-corrected chi connectivity index (χ3v) is 26.6. The Morgan fingerprint density at radius 1 is 0.600 bits per heavy atom. The predicted octanol–water partition coefficient (Wildman–Crippen LogP) is 16.8. The molecule has 9 unspecified atom stereocenters. The van der Waals surface area contributed by atoms with Gasteiger partial charge in [0.05, 0.1) is 11.4 Å². The average Bonchev–Trinajstić information content (AvgIpc) is 3.89. The summed E-state index contributed by atoms with van der Waals surface area (Å²) in [5, 5.41) is 21.7. The molecule has 10 aliphatic carbocycles. The molecule has 10 rings (SSSR count). The minimum absolute atomic E-state index is 0.0290. The van der Waals surface area contributed by atoms with E-state index in [1.54, 1.807) is 0 Å². The number of Topliss-reactive ketones (excluding diaryl/α,β-unsaturated/α-hetero) is 1. The van der Waals surface area contributed by atoms with Gasteiger partial charge in [-0.2, -0.15) is 0 Å². The molecule has 0 aliphatic heterocycles. The molecule has 4 nitrogen and oxygen atoms in total. The number of carbonyl (C=O) groups is 2. The summed E-state index contributed by atoms with van der Waals surface area (Å²) in [5.74, 6) is 6.66. The number of allylic oxidation sites excluding steroid dienone is 2. The van der Waals surface area contributed by atoms with Crippen LogP contribution in [0.25, 0.3) is 0 Å². The molecule has 0 spiro atoms. The number of halogens is 2. The fourth-order valence-corrected chi connectivity index (χ4v) is 22.8. The van der Waals surface area contributed by atoms with Gasteiger partial charge in [-0.25, -0.2) is 0 Å². The maximum Gasteiger partial charge on any atom is 0.138 e. The molecular weight excluding hydrogens is 923 g/mol. The molecular formula is C63H105Cl2O4P. The first-order valence-electron chi connectivity index (χ1n) is 28.9. The standard InChI is InChI=1S/C30H50O2.C30H46O2.C2H7P.CH2Cl2/c2*1-19(2)20-10-15-30(18-31)17-16-28(6)21(25(20)30)8-9-23-27(5)13-12-24(32)26(3,4)22(27)11-14-29(23,28)7;1-3-2;2-1-3/h20-25,31-32H,1,8-18H2,2-7H3;18,20-23,25H,1,8-17H2,2-7H3;3H,1-2H3;1H2/t20-,21?,22?,23?,24-,25?,27-,28+,29+,30?;20-,21?,22?,23?,25?,27-,28+,29+,30+;;/m00../s1. The molecule has 10 fully saturated rings.